The normalized spacial score (nSPS) is 28.0. The van der Waals surface area contributed by atoms with Crippen LogP contribution in [0.1, 0.15) is 5.56 Å². The van der Waals surface area contributed by atoms with E-state index in [1.54, 1.807) is 17.0 Å². The van der Waals surface area contributed by atoms with Gasteiger partial charge in [0.15, 0.2) is 0 Å². The van der Waals surface area contributed by atoms with Gasteiger partial charge in [-0.3, -0.25) is 9.59 Å². The molecular weight excluding hydrogens is 409 g/mol. The number of H-pyrrole nitrogens is 1. The van der Waals surface area contributed by atoms with Gasteiger partial charge in [-0.05, 0) is 30.2 Å². The zero-order valence-corrected chi connectivity index (χ0v) is 17.3. The molecule has 0 saturated carbocycles. The minimum Gasteiger partial charge on any atom is -0.361 e. The molecule has 7 heteroatoms. The number of nitrogens with zero attached hydrogens (tertiary/aromatic N) is 1. The number of amides is 2. The highest BCUT2D eigenvalue weighted by Gasteiger charge is 2.66. The first-order chi connectivity index (χ1) is 15.6. The molecule has 6 nitrogen and oxygen atoms in total. The maximum Gasteiger partial charge on any atom is 0.231 e. The molecule has 3 aliphatic heterocycles. The van der Waals surface area contributed by atoms with E-state index in [4.69, 9.17) is 4.74 Å². The van der Waals surface area contributed by atoms with Gasteiger partial charge in [0.25, 0.3) is 0 Å². The smallest absolute Gasteiger partial charge is 0.231 e. The summed E-state index contributed by atoms with van der Waals surface area (Å²) in [5.41, 5.74) is 1.55. The molecule has 2 aromatic carbocycles. The number of carbonyl (C=O) groups is 2. The highest BCUT2D eigenvalue weighted by Crippen LogP contribution is 2.52. The fourth-order valence-corrected chi connectivity index (χ4v) is 5.44. The highest BCUT2D eigenvalue weighted by atomic mass is 19.1. The number of ether oxygens (including phenoxy) is 1. The van der Waals surface area contributed by atoms with Crippen molar-refractivity contribution in [1.29, 1.82) is 0 Å². The number of aromatic amines is 1. The van der Waals surface area contributed by atoms with Crippen molar-refractivity contribution in [2.45, 2.75) is 18.1 Å². The Kier molecular flexibility index (Phi) is 4.23. The van der Waals surface area contributed by atoms with Gasteiger partial charge in [0, 0.05) is 23.6 Å². The molecule has 0 unspecified atom stereocenters. The molecule has 0 radical (unpaired) electrons. The van der Waals surface area contributed by atoms with Crippen LogP contribution in [0.2, 0.25) is 0 Å². The largest absolute Gasteiger partial charge is 0.361 e. The molecule has 32 heavy (non-hydrogen) atoms. The van der Waals surface area contributed by atoms with Crippen molar-refractivity contribution < 1.29 is 18.7 Å². The van der Waals surface area contributed by atoms with Gasteiger partial charge in [0.05, 0.1) is 30.2 Å². The van der Waals surface area contributed by atoms with E-state index in [9.17, 15) is 14.0 Å². The predicted octanol–water partition coefficient (Wildman–Crippen LogP) is 3.27. The zero-order valence-electron chi connectivity index (χ0n) is 17.3. The summed E-state index contributed by atoms with van der Waals surface area (Å²) in [4.78, 5) is 31.5. The topological polar surface area (TPSA) is 74.4 Å². The van der Waals surface area contributed by atoms with Crippen LogP contribution in [-0.2, 0) is 20.7 Å². The summed E-state index contributed by atoms with van der Waals surface area (Å²) < 4.78 is 20.2. The standard InChI is InChI=1S/C25H22FN3O3/c26-17-6-2-4-8-19(17)28-23(30)21-20-9-11-25(32-20)14-29(24(31)22(21)25)12-10-15-13-27-18-7-3-1-5-16(15)18/h1-9,11,13,20-22,27H,10,12,14H2,(H,28,30)/t20-,21-,22+,25+/m1/s1. The average Bonchev–Trinajstić information content (AvgIpc) is 3.54. The molecule has 3 aliphatic rings. The molecular formula is C25H22FN3O3. The van der Waals surface area contributed by atoms with Crippen LogP contribution in [0.3, 0.4) is 0 Å². The van der Waals surface area contributed by atoms with E-state index in [0.29, 0.717) is 19.5 Å². The van der Waals surface area contributed by atoms with Crippen LogP contribution in [0.25, 0.3) is 10.9 Å². The molecule has 2 saturated heterocycles. The van der Waals surface area contributed by atoms with Crippen LogP contribution in [-0.4, -0.2) is 46.5 Å². The van der Waals surface area contributed by atoms with Gasteiger partial charge in [-0.15, -0.1) is 0 Å². The first kappa shape index (κ1) is 19.3. The van der Waals surface area contributed by atoms with Crippen molar-refractivity contribution in [2.24, 2.45) is 11.8 Å². The summed E-state index contributed by atoms with van der Waals surface area (Å²) in [6, 6.07) is 14.1. The second-order valence-electron chi connectivity index (χ2n) is 8.74. The molecule has 1 spiro atoms. The van der Waals surface area contributed by atoms with Gasteiger partial charge in [-0.25, -0.2) is 4.39 Å². The Bertz CT molecular complexity index is 1270. The van der Waals surface area contributed by atoms with Gasteiger partial charge in [0.1, 0.15) is 11.4 Å². The molecule has 2 bridgehead atoms. The van der Waals surface area contributed by atoms with Crippen LogP contribution in [0.15, 0.2) is 66.9 Å². The molecule has 4 atom stereocenters. The molecule has 2 N–H and O–H groups in total. The van der Waals surface area contributed by atoms with Gasteiger partial charge in [-0.1, -0.05) is 42.5 Å². The van der Waals surface area contributed by atoms with Crippen molar-refractivity contribution in [1.82, 2.24) is 9.88 Å². The molecule has 2 amide bonds. The Morgan fingerprint density at radius 3 is 2.91 bits per heavy atom. The Balaban J connectivity index is 1.21. The van der Waals surface area contributed by atoms with Gasteiger partial charge in [0.2, 0.25) is 11.8 Å². The molecule has 2 fully saturated rings. The van der Waals surface area contributed by atoms with Gasteiger partial charge >= 0.3 is 0 Å². The SMILES string of the molecule is O=C(Nc1ccccc1F)[C@H]1[C@H]2C(=O)N(CCc3c[nH]c4ccccc34)C[C@@]23C=C[C@H]1O3. The predicted molar refractivity (Wildman–Crippen MR) is 117 cm³/mol. The number of anilines is 1. The second kappa shape index (κ2) is 7.03. The van der Waals surface area contributed by atoms with Crippen molar-refractivity contribution >= 4 is 28.4 Å². The minimum absolute atomic E-state index is 0.0784. The average molecular weight is 431 g/mol. The van der Waals surface area contributed by atoms with Crippen molar-refractivity contribution in [3.05, 3.63) is 78.3 Å². The fourth-order valence-electron chi connectivity index (χ4n) is 5.44. The minimum atomic E-state index is -0.779. The van der Waals surface area contributed by atoms with E-state index in [1.807, 2.05) is 36.5 Å². The van der Waals surface area contributed by atoms with E-state index in [0.717, 1.165) is 16.5 Å². The molecule has 6 rings (SSSR count). The number of rotatable bonds is 5. The van der Waals surface area contributed by atoms with E-state index >= 15 is 0 Å². The lowest BCUT2D eigenvalue weighted by Crippen LogP contribution is -2.41. The molecule has 1 aromatic heterocycles. The summed E-state index contributed by atoms with van der Waals surface area (Å²) in [5, 5.41) is 3.80. The quantitative estimate of drug-likeness (QED) is 0.609. The first-order valence-corrected chi connectivity index (χ1v) is 10.8. The van der Waals surface area contributed by atoms with E-state index in [1.165, 1.54) is 12.1 Å². The summed E-state index contributed by atoms with van der Waals surface area (Å²) >= 11 is 0. The second-order valence-corrected chi connectivity index (χ2v) is 8.74. The van der Waals surface area contributed by atoms with Gasteiger partial charge in [-0.2, -0.15) is 0 Å². The number of carbonyl (C=O) groups excluding carboxylic acids is 2. The number of hydrogen-bond acceptors (Lipinski definition) is 3. The third-order valence-corrected chi connectivity index (χ3v) is 6.94. The lowest BCUT2D eigenvalue weighted by Gasteiger charge is -2.23. The number of fused-ring (bicyclic) bond motifs is 2. The fraction of sp³-hybridized carbons (Fsp3) is 0.280. The zero-order chi connectivity index (χ0) is 21.9. The van der Waals surface area contributed by atoms with Crippen LogP contribution in [0.5, 0.6) is 0 Å². The van der Waals surface area contributed by atoms with Crippen molar-refractivity contribution in [3.63, 3.8) is 0 Å². The maximum atomic E-state index is 14.0. The first-order valence-electron chi connectivity index (χ1n) is 10.8. The van der Waals surface area contributed by atoms with E-state index in [-0.39, 0.29) is 17.5 Å². The third-order valence-electron chi connectivity index (χ3n) is 6.94. The number of para-hydroxylation sites is 2. The van der Waals surface area contributed by atoms with Crippen LogP contribution < -0.4 is 5.32 Å². The molecule has 3 aromatic rings. The highest BCUT2D eigenvalue weighted by molar-refractivity contribution is 5.99. The van der Waals surface area contributed by atoms with Crippen molar-refractivity contribution in [3.8, 4) is 0 Å². The Morgan fingerprint density at radius 1 is 1.22 bits per heavy atom. The van der Waals surface area contributed by atoms with Crippen LogP contribution >= 0.6 is 0 Å². The monoisotopic (exact) mass is 431 g/mol. The maximum absolute atomic E-state index is 14.0. The lowest BCUT2D eigenvalue weighted by atomic mass is 9.77. The Hall–Kier alpha value is -3.45. The third kappa shape index (κ3) is 2.81. The summed E-state index contributed by atoms with van der Waals surface area (Å²) in [6.45, 7) is 0.970. The number of halogens is 1. The summed E-state index contributed by atoms with van der Waals surface area (Å²) in [7, 11) is 0. The number of likely N-dealkylation sites (tertiary alicyclic amines) is 1. The van der Waals surface area contributed by atoms with Crippen molar-refractivity contribution in [2.75, 3.05) is 18.4 Å². The van der Waals surface area contributed by atoms with E-state index in [2.05, 4.69) is 16.4 Å². The summed E-state index contributed by atoms with van der Waals surface area (Å²) in [5.74, 6) is -2.24. The summed E-state index contributed by atoms with van der Waals surface area (Å²) in [6.07, 6.45) is 6.01. The number of aromatic nitrogens is 1. The molecule has 162 valence electrons. The Labute approximate surface area is 184 Å². The number of nitrogens with one attached hydrogen (secondary N) is 2. The van der Waals surface area contributed by atoms with E-state index < -0.39 is 29.4 Å². The lowest BCUT2D eigenvalue weighted by molar-refractivity contribution is -0.135. The Morgan fingerprint density at radius 2 is 2.03 bits per heavy atom. The molecule has 4 heterocycles. The molecule has 0 aliphatic carbocycles. The van der Waals surface area contributed by atoms with Crippen LogP contribution in [0, 0.1) is 17.7 Å². The number of hydrogen-bond donors (Lipinski definition) is 2. The van der Waals surface area contributed by atoms with Gasteiger partial charge < -0.3 is 19.9 Å². The number of benzene rings is 2. The van der Waals surface area contributed by atoms with Crippen LogP contribution in [0.4, 0.5) is 10.1 Å².